The molecule has 0 bridgehead atoms. The maximum Gasteiger partial charge on any atom is 0.422 e. The molecule has 0 aliphatic carbocycles. The van der Waals surface area contributed by atoms with Crippen molar-refractivity contribution in [2.75, 3.05) is 32.9 Å². The van der Waals surface area contributed by atoms with Gasteiger partial charge in [0.25, 0.3) is 0 Å². The molecule has 9 nitrogen and oxygen atoms in total. The van der Waals surface area contributed by atoms with Crippen molar-refractivity contribution < 1.29 is 36.2 Å². The molecular weight excluding hydrogens is 623 g/mol. The number of fused-ring (bicyclic) bond motifs is 3. The van der Waals surface area contributed by atoms with Crippen LogP contribution < -0.4 is 9.47 Å². The van der Waals surface area contributed by atoms with Crippen molar-refractivity contribution in [3.05, 3.63) is 48.1 Å². The van der Waals surface area contributed by atoms with E-state index in [2.05, 4.69) is 26.6 Å². The minimum absolute atomic E-state index is 0.00159. The van der Waals surface area contributed by atoms with Crippen LogP contribution in [0.1, 0.15) is 55.9 Å². The van der Waals surface area contributed by atoms with Crippen molar-refractivity contribution in [3.8, 4) is 23.1 Å². The Balaban J connectivity index is 1.35. The third-order valence-corrected chi connectivity index (χ3v) is 9.48. The number of allylic oxidation sites excluding steroid dienone is 1. The Morgan fingerprint density at radius 2 is 2.00 bits per heavy atom. The van der Waals surface area contributed by atoms with Crippen molar-refractivity contribution in [1.29, 1.82) is 0 Å². The molecule has 1 unspecified atom stereocenters. The van der Waals surface area contributed by atoms with Gasteiger partial charge in [-0.1, -0.05) is 6.08 Å². The van der Waals surface area contributed by atoms with Crippen molar-refractivity contribution in [2.45, 2.75) is 76.0 Å². The molecule has 7 rings (SSSR count). The highest BCUT2D eigenvalue weighted by molar-refractivity contribution is 5.99. The Kier molecular flexibility index (Phi) is 8.27. The molecule has 3 aromatic heterocycles. The summed E-state index contributed by atoms with van der Waals surface area (Å²) >= 11 is 0. The topological polar surface area (TPSA) is 87.4 Å². The maximum absolute atomic E-state index is 16.8. The van der Waals surface area contributed by atoms with Gasteiger partial charge in [-0.3, -0.25) is 9.88 Å². The lowest BCUT2D eigenvalue weighted by molar-refractivity contribution is -0.153. The number of hydrogen-bond donors (Lipinski definition) is 0. The predicted molar refractivity (Wildman–Crippen MR) is 164 cm³/mol. The number of rotatable bonds is 9. The smallest absolute Gasteiger partial charge is 0.422 e. The molecule has 3 atom stereocenters. The molecule has 0 amide bonds. The average Bonchev–Trinajstić information content (AvgIpc) is 3.72. The van der Waals surface area contributed by atoms with E-state index in [-0.39, 0.29) is 48.4 Å². The monoisotopic (exact) mass is 658 g/mol. The fourth-order valence-corrected chi connectivity index (χ4v) is 7.34. The van der Waals surface area contributed by atoms with E-state index in [1.165, 1.54) is 6.20 Å². The number of alkyl halides is 4. The molecule has 3 fully saturated rings. The fraction of sp³-hybridized carbons (Fsp3) is 0.515. The third-order valence-electron chi connectivity index (χ3n) is 9.48. The van der Waals surface area contributed by atoms with E-state index in [0.29, 0.717) is 36.9 Å². The molecule has 1 aromatic carbocycles. The lowest BCUT2D eigenvalue weighted by atomic mass is 9.92. The molecule has 3 aliphatic heterocycles. The van der Waals surface area contributed by atoms with Gasteiger partial charge in [-0.15, -0.1) is 6.58 Å². The second-order valence-electron chi connectivity index (χ2n) is 12.6. The highest BCUT2D eigenvalue weighted by Gasteiger charge is 2.49. The molecule has 6 heterocycles. The number of benzene rings is 1. The number of halogens is 5. The van der Waals surface area contributed by atoms with E-state index in [4.69, 9.17) is 14.2 Å². The zero-order valence-electron chi connectivity index (χ0n) is 26.0. The molecular formula is C33H35F5N6O3. The predicted octanol–water partition coefficient (Wildman–Crippen LogP) is 6.81. The largest absolute Gasteiger partial charge is 0.467 e. The standard InChI is InChI=1S/C33H35F5N6O3/c1-3-7-21-19(2)12-24-22(15-40-44(24)25-8-4-5-11-45-25)26(21)29-27(35)28-23(14-39-29)30(46-18-33(36,37)38)42-31(41-28)47-17-32-9-6-10-43(32)16-20(34)13-32/h3,12,14-15,20,25H,1,4-11,13,16-18H2,2H3/t20-,25?,32+/m1/s1. The van der Waals surface area contributed by atoms with Crippen LogP contribution in [0.15, 0.2) is 31.1 Å². The summed E-state index contributed by atoms with van der Waals surface area (Å²) in [6, 6.07) is 1.62. The number of ether oxygens (including phenoxy) is 3. The Labute approximate surface area is 267 Å². The van der Waals surface area contributed by atoms with E-state index in [9.17, 15) is 17.6 Å². The number of aromatic nitrogens is 5. The van der Waals surface area contributed by atoms with Gasteiger partial charge in [-0.05, 0) is 69.2 Å². The summed E-state index contributed by atoms with van der Waals surface area (Å²) in [6.07, 6.45) is 3.56. The summed E-state index contributed by atoms with van der Waals surface area (Å²) in [5.41, 5.74) is 1.88. The second kappa shape index (κ2) is 12.3. The Morgan fingerprint density at radius 1 is 1.15 bits per heavy atom. The second-order valence-corrected chi connectivity index (χ2v) is 12.6. The Bertz CT molecular complexity index is 1820. The number of nitrogens with zero attached hydrogens (tertiary/aromatic N) is 6. The minimum Gasteiger partial charge on any atom is -0.467 e. The lowest BCUT2D eigenvalue weighted by Crippen LogP contribution is -2.43. The van der Waals surface area contributed by atoms with E-state index in [1.54, 1.807) is 17.0 Å². The summed E-state index contributed by atoms with van der Waals surface area (Å²) < 4.78 is 89.6. The van der Waals surface area contributed by atoms with Crippen LogP contribution in [0.2, 0.25) is 0 Å². The van der Waals surface area contributed by atoms with E-state index < -0.39 is 36.2 Å². The summed E-state index contributed by atoms with van der Waals surface area (Å²) in [5.74, 6) is -1.39. The molecule has 4 aromatic rings. The fourth-order valence-electron chi connectivity index (χ4n) is 7.34. The van der Waals surface area contributed by atoms with Crippen LogP contribution in [0, 0.1) is 12.7 Å². The molecule has 47 heavy (non-hydrogen) atoms. The molecule has 14 heteroatoms. The number of aryl methyl sites for hydroxylation is 1. The third kappa shape index (κ3) is 5.90. The van der Waals surface area contributed by atoms with Crippen LogP contribution in [0.5, 0.6) is 11.9 Å². The lowest BCUT2D eigenvalue weighted by Gasteiger charge is -2.30. The van der Waals surface area contributed by atoms with Crippen LogP contribution in [0.4, 0.5) is 22.0 Å². The Hall–Kier alpha value is -3.91. The van der Waals surface area contributed by atoms with Crippen molar-refractivity contribution in [3.63, 3.8) is 0 Å². The van der Waals surface area contributed by atoms with Crippen molar-refractivity contribution in [2.24, 2.45) is 0 Å². The molecule has 0 N–H and O–H groups in total. The van der Waals surface area contributed by atoms with E-state index in [0.717, 1.165) is 42.3 Å². The van der Waals surface area contributed by atoms with Gasteiger partial charge >= 0.3 is 12.2 Å². The minimum atomic E-state index is -4.68. The Morgan fingerprint density at radius 3 is 2.77 bits per heavy atom. The van der Waals surface area contributed by atoms with E-state index >= 15 is 4.39 Å². The maximum atomic E-state index is 16.8. The highest BCUT2D eigenvalue weighted by Crippen LogP contribution is 2.42. The molecule has 3 aliphatic rings. The first-order chi connectivity index (χ1) is 22.6. The van der Waals surface area contributed by atoms with Crippen molar-refractivity contribution in [1.82, 2.24) is 29.6 Å². The van der Waals surface area contributed by atoms with Crippen LogP contribution in [0.3, 0.4) is 0 Å². The van der Waals surface area contributed by atoms with Crippen LogP contribution in [0.25, 0.3) is 33.1 Å². The summed E-state index contributed by atoms with van der Waals surface area (Å²) in [6.45, 7) is 5.75. The molecule has 0 saturated carbocycles. The van der Waals surface area contributed by atoms with Crippen molar-refractivity contribution >= 4 is 21.8 Å². The summed E-state index contributed by atoms with van der Waals surface area (Å²) in [5, 5.41) is 5.11. The molecule has 3 saturated heterocycles. The number of hydrogen-bond acceptors (Lipinski definition) is 8. The van der Waals surface area contributed by atoms with Crippen LogP contribution in [-0.2, 0) is 11.2 Å². The first-order valence-corrected chi connectivity index (χ1v) is 15.9. The SMILES string of the molecule is C=CCc1c(C)cc2c(cnn2C2CCCCO2)c1-c1ncc2c(OCC(F)(F)F)nc(OC[C@@]34CCCN3C[C@H](F)C4)nc2c1F. The van der Waals surface area contributed by atoms with Gasteiger partial charge in [0.05, 0.1) is 22.6 Å². The van der Waals surface area contributed by atoms with Gasteiger partial charge in [0.2, 0.25) is 5.88 Å². The highest BCUT2D eigenvalue weighted by atomic mass is 19.4. The molecule has 0 radical (unpaired) electrons. The van der Waals surface area contributed by atoms with Gasteiger partial charge in [0.15, 0.2) is 18.7 Å². The van der Waals surface area contributed by atoms with Gasteiger partial charge in [-0.25, -0.2) is 13.5 Å². The quantitative estimate of drug-likeness (QED) is 0.143. The van der Waals surface area contributed by atoms with Crippen LogP contribution in [-0.4, -0.2) is 80.4 Å². The number of pyridine rings is 1. The van der Waals surface area contributed by atoms with Crippen LogP contribution >= 0.6 is 0 Å². The van der Waals surface area contributed by atoms with Gasteiger partial charge in [-0.2, -0.15) is 28.2 Å². The zero-order chi connectivity index (χ0) is 32.9. The summed E-state index contributed by atoms with van der Waals surface area (Å²) in [4.78, 5) is 14.9. The zero-order valence-corrected chi connectivity index (χ0v) is 26.0. The van der Waals surface area contributed by atoms with Gasteiger partial charge in [0.1, 0.15) is 24.0 Å². The normalized spacial score (nSPS) is 23.4. The van der Waals surface area contributed by atoms with Gasteiger partial charge < -0.3 is 14.2 Å². The first kappa shape index (κ1) is 31.7. The van der Waals surface area contributed by atoms with Gasteiger partial charge in [0, 0.05) is 36.7 Å². The summed E-state index contributed by atoms with van der Waals surface area (Å²) in [7, 11) is 0. The molecule has 250 valence electrons. The first-order valence-electron chi connectivity index (χ1n) is 15.9. The average molecular weight is 659 g/mol. The van der Waals surface area contributed by atoms with E-state index in [1.807, 2.05) is 17.9 Å². The molecule has 0 spiro atoms.